The third-order valence-corrected chi connectivity index (χ3v) is 3.35. The normalized spacial score (nSPS) is 10.5. The smallest absolute Gasteiger partial charge is 0.254 e. The molecule has 0 aliphatic heterocycles. The summed E-state index contributed by atoms with van der Waals surface area (Å²) in [5, 5.41) is 4.78. The minimum Gasteiger partial charge on any atom is -0.383 e. The van der Waals surface area contributed by atoms with Crippen LogP contribution in [-0.2, 0) is 9.53 Å². The van der Waals surface area contributed by atoms with Crippen molar-refractivity contribution in [3.8, 4) is 0 Å². The summed E-state index contributed by atoms with van der Waals surface area (Å²) in [7, 11) is 3.19. The van der Waals surface area contributed by atoms with E-state index in [4.69, 9.17) is 4.74 Å². The van der Waals surface area contributed by atoms with E-state index in [0.717, 1.165) is 10.8 Å². The number of nitrogens with zero attached hydrogens (tertiary/aromatic N) is 1. The maximum atomic E-state index is 12.4. The van der Waals surface area contributed by atoms with Gasteiger partial charge in [-0.15, -0.1) is 0 Å². The van der Waals surface area contributed by atoms with E-state index in [0.29, 0.717) is 18.7 Å². The Bertz CT molecular complexity index is 670. The maximum Gasteiger partial charge on any atom is 0.254 e. The summed E-state index contributed by atoms with van der Waals surface area (Å²) in [6.45, 7) is 0.913. The molecule has 5 nitrogen and oxygen atoms in total. The molecule has 0 spiro atoms. The molecule has 0 fully saturated rings. The number of likely N-dealkylation sites (N-methyl/N-ethyl adjacent to an activating group) is 1. The molecule has 0 heterocycles. The van der Waals surface area contributed by atoms with Gasteiger partial charge in [0.2, 0.25) is 5.91 Å². The Balaban J connectivity index is 2.01. The molecule has 1 N–H and O–H groups in total. The molecule has 0 atom stereocenters. The summed E-state index contributed by atoms with van der Waals surface area (Å²) in [5.74, 6) is -0.374. The zero-order valence-electron chi connectivity index (χ0n) is 12.8. The second-order valence-corrected chi connectivity index (χ2v) is 5.07. The molecule has 0 radical (unpaired) electrons. The average molecular weight is 300 g/mol. The number of hydrogen-bond acceptors (Lipinski definition) is 3. The fraction of sp³-hybridized carbons (Fsp3) is 0.294. The van der Waals surface area contributed by atoms with Crippen LogP contribution in [0.2, 0.25) is 0 Å². The highest BCUT2D eigenvalue weighted by Crippen LogP contribution is 2.16. The Morgan fingerprint density at radius 1 is 1.14 bits per heavy atom. The van der Waals surface area contributed by atoms with Gasteiger partial charge in [0.1, 0.15) is 0 Å². The number of rotatable bonds is 6. The molecule has 0 saturated carbocycles. The van der Waals surface area contributed by atoms with E-state index in [1.165, 1.54) is 4.90 Å². The SMILES string of the molecule is COCCNC(=O)CN(C)C(=O)c1ccc2ccccc2c1. The van der Waals surface area contributed by atoms with Crippen LogP contribution < -0.4 is 5.32 Å². The van der Waals surface area contributed by atoms with Gasteiger partial charge in [0.25, 0.3) is 5.91 Å². The lowest BCUT2D eigenvalue weighted by Crippen LogP contribution is -2.39. The first-order valence-electron chi connectivity index (χ1n) is 7.11. The van der Waals surface area contributed by atoms with E-state index >= 15 is 0 Å². The quantitative estimate of drug-likeness (QED) is 0.826. The van der Waals surface area contributed by atoms with Gasteiger partial charge in [0.15, 0.2) is 0 Å². The second-order valence-electron chi connectivity index (χ2n) is 5.07. The van der Waals surface area contributed by atoms with Gasteiger partial charge in [-0.25, -0.2) is 0 Å². The Kier molecular flexibility index (Phi) is 5.49. The first kappa shape index (κ1) is 16.0. The highest BCUT2D eigenvalue weighted by atomic mass is 16.5. The van der Waals surface area contributed by atoms with Crippen LogP contribution in [0.5, 0.6) is 0 Å². The molecule has 0 aliphatic rings. The first-order chi connectivity index (χ1) is 10.6. The minimum atomic E-state index is -0.200. The topological polar surface area (TPSA) is 58.6 Å². The molecule has 116 valence electrons. The van der Waals surface area contributed by atoms with Crippen LogP contribution in [0.25, 0.3) is 10.8 Å². The number of fused-ring (bicyclic) bond motifs is 1. The molecule has 0 saturated heterocycles. The van der Waals surface area contributed by atoms with Crippen molar-refractivity contribution in [2.75, 3.05) is 33.9 Å². The fourth-order valence-corrected chi connectivity index (χ4v) is 2.18. The van der Waals surface area contributed by atoms with Crippen LogP contribution in [0.15, 0.2) is 42.5 Å². The standard InChI is InChI=1S/C17H20N2O3/c1-19(12-16(20)18-9-10-22-2)17(21)15-8-7-13-5-3-4-6-14(13)11-15/h3-8,11H,9-10,12H2,1-2H3,(H,18,20). The summed E-state index contributed by atoms with van der Waals surface area (Å²) in [4.78, 5) is 25.5. The predicted octanol–water partition coefficient (Wildman–Crippen LogP) is 1.67. The third-order valence-electron chi connectivity index (χ3n) is 3.35. The van der Waals surface area contributed by atoms with Crippen LogP contribution in [0.4, 0.5) is 0 Å². The highest BCUT2D eigenvalue weighted by Gasteiger charge is 2.15. The van der Waals surface area contributed by atoms with Gasteiger partial charge >= 0.3 is 0 Å². The number of nitrogens with one attached hydrogen (secondary N) is 1. The van der Waals surface area contributed by atoms with Crippen LogP contribution in [-0.4, -0.2) is 50.6 Å². The number of hydrogen-bond donors (Lipinski definition) is 1. The lowest BCUT2D eigenvalue weighted by molar-refractivity contribution is -0.121. The van der Waals surface area contributed by atoms with Crippen molar-refractivity contribution in [3.63, 3.8) is 0 Å². The number of ether oxygens (including phenoxy) is 1. The summed E-state index contributed by atoms with van der Waals surface area (Å²) < 4.78 is 4.86. The molecule has 0 bridgehead atoms. The van der Waals surface area contributed by atoms with Gasteiger partial charge in [-0.1, -0.05) is 30.3 Å². The highest BCUT2D eigenvalue weighted by molar-refractivity contribution is 5.99. The number of benzene rings is 2. The lowest BCUT2D eigenvalue weighted by Gasteiger charge is -2.17. The Labute approximate surface area is 129 Å². The largest absolute Gasteiger partial charge is 0.383 e. The number of methoxy groups -OCH3 is 1. The Morgan fingerprint density at radius 3 is 2.59 bits per heavy atom. The fourth-order valence-electron chi connectivity index (χ4n) is 2.18. The van der Waals surface area contributed by atoms with Crippen LogP contribution >= 0.6 is 0 Å². The van der Waals surface area contributed by atoms with Gasteiger partial charge in [-0.05, 0) is 22.9 Å². The summed E-state index contributed by atoms with van der Waals surface area (Å²) >= 11 is 0. The summed E-state index contributed by atoms with van der Waals surface area (Å²) in [6.07, 6.45) is 0. The van der Waals surface area contributed by atoms with E-state index in [-0.39, 0.29) is 18.4 Å². The second kappa shape index (κ2) is 7.56. The minimum absolute atomic E-state index is 0.0232. The molecular formula is C17H20N2O3. The van der Waals surface area contributed by atoms with Crippen molar-refractivity contribution < 1.29 is 14.3 Å². The molecule has 2 amide bonds. The van der Waals surface area contributed by atoms with Crippen LogP contribution in [0, 0.1) is 0 Å². The van der Waals surface area contributed by atoms with Crippen molar-refractivity contribution in [2.45, 2.75) is 0 Å². The van der Waals surface area contributed by atoms with Crippen molar-refractivity contribution in [1.82, 2.24) is 10.2 Å². The first-order valence-corrected chi connectivity index (χ1v) is 7.11. The van der Waals surface area contributed by atoms with Crippen molar-refractivity contribution in [1.29, 1.82) is 0 Å². The Hall–Kier alpha value is -2.40. The van der Waals surface area contributed by atoms with Gasteiger partial charge in [-0.3, -0.25) is 9.59 Å². The molecule has 0 aliphatic carbocycles. The molecular weight excluding hydrogens is 280 g/mol. The molecule has 0 aromatic heterocycles. The van der Waals surface area contributed by atoms with Crippen LogP contribution in [0.3, 0.4) is 0 Å². The molecule has 2 rings (SSSR count). The third kappa shape index (κ3) is 4.05. The van der Waals surface area contributed by atoms with E-state index in [9.17, 15) is 9.59 Å². The molecule has 22 heavy (non-hydrogen) atoms. The van der Waals surface area contributed by atoms with Gasteiger partial charge < -0.3 is 15.0 Å². The monoisotopic (exact) mass is 300 g/mol. The van der Waals surface area contributed by atoms with Crippen LogP contribution in [0.1, 0.15) is 10.4 Å². The zero-order chi connectivity index (χ0) is 15.9. The lowest BCUT2D eigenvalue weighted by atomic mass is 10.1. The van der Waals surface area contributed by atoms with Gasteiger partial charge in [0.05, 0.1) is 13.2 Å². The summed E-state index contributed by atoms with van der Waals surface area (Å²) in [6, 6.07) is 13.4. The van der Waals surface area contributed by atoms with E-state index < -0.39 is 0 Å². The maximum absolute atomic E-state index is 12.4. The number of amides is 2. The summed E-state index contributed by atoms with van der Waals surface area (Å²) in [5.41, 5.74) is 0.575. The average Bonchev–Trinajstić information content (AvgIpc) is 2.53. The number of carbonyl (C=O) groups is 2. The molecule has 0 unspecified atom stereocenters. The zero-order valence-corrected chi connectivity index (χ0v) is 12.8. The predicted molar refractivity (Wildman–Crippen MR) is 85.8 cm³/mol. The molecule has 5 heteroatoms. The number of carbonyl (C=O) groups excluding carboxylic acids is 2. The van der Waals surface area contributed by atoms with Crippen molar-refractivity contribution in [3.05, 3.63) is 48.0 Å². The van der Waals surface area contributed by atoms with Crippen molar-refractivity contribution >= 4 is 22.6 Å². The van der Waals surface area contributed by atoms with E-state index in [2.05, 4.69) is 5.32 Å². The van der Waals surface area contributed by atoms with Crippen molar-refractivity contribution in [2.24, 2.45) is 0 Å². The van der Waals surface area contributed by atoms with E-state index in [1.54, 1.807) is 20.2 Å². The molecule has 2 aromatic rings. The van der Waals surface area contributed by atoms with Gasteiger partial charge in [0, 0.05) is 26.3 Å². The Morgan fingerprint density at radius 2 is 1.86 bits per heavy atom. The van der Waals surface area contributed by atoms with E-state index in [1.807, 2.05) is 36.4 Å². The van der Waals surface area contributed by atoms with Gasteiger partial charge in [-0.2, -0.15) is 0 Å². The molecule has 2 aromatic carbocycles.